The van der Waals surface area contributed by atoms with Gasteiger partial charge in [0.15, 0.2) is 9.84 Å². The largest absolute Gasteiger partial charge is 0.495 e. The molecule has 0 spiro atoms. The van der Waals surface area contributed by atoms with Gasteiger partial charge in [-0.15, -0.1) is 0 Å². The minimum absolute atomic E-state index is 0.278. The number of ether oxygens (including phenoxy) is 1. The molecule has 0 heterocycles. The van der Waals surface area contributed by atoms with Gasteiger partial charge in [0.1, 0.15) is 10.6 Å². The summed E-state index contributed by atoms with van der Waals surface area (Å²) in [4.78, 5) is 0.278. The van der Waals surface area contributed by atoms with Crippen molar-refractivity contribution in [2.45, 2.75) is 30.9 Å². The van der Waals surface area contributed by atoms with Gasteiger partial charge in [-0.05, 0) is 38.5 Å². The Kier molecular flexibility index (Phi) is 3.39. The molecule has 0 saturated carbocycles. The van der Waals surface area contributed by atoms with E-state index in [1.165, 1.54) is 7.11 Å². The van der Waals surface area contributed by atoms with E-state index in [1.807, 2.05) is 13.0 Å². The Balaban J connectivity index is 3.42. The van der Waals surface area contributed by atoms with Crippen molar-refractivity contribution in [2.24, 2.45) is 0 Å². The van der Waals surface area contributed by atoms with Gasteiger partial charge in [0.2, 0.25) is 0 Å². The summed E-state index contributed by atoms with van der Waals surface area (Å²) in [5, 5.41) is -0.437. The third-order valence-corrected chi connectivity index (χ3v) is 4.42. The van der Waals surface area contributed by atoms with Crippen molar-refractivity contribution in [1.82, 2.24) is 0 Å². The van der Waals surface area contributed by atoms with Gasteiger partial charge in [-0.1, -0.05) is 6.07 Å². The SMILES string of the molecule is COc1ccc(C)cc1S(=O)(=O)C(C)C. The lowest BCUT2D eigenvalue weighted by atomic mass is 10.2. The van der Waals surface area contributed by atoms with E-state index in [4.69, 9.17) is 4.74 Å². The average molecular weight is 228 g/mol. The van der Waals surface area contributed by atoms with Gasteiger partial charge in [-0.25, -0.2) is 8.42 Å². The molecular formula is C11H16O3S. The molecule has 0 aliphatic carbocycles. The van der Waals surface area contributed by atoms with Crippen molar-refractivity contribution >= 4 is 9.84 Å². The van der Waals surface area contributed by atoms with Crippen molar-refractivity contribution in [3.8, 4) is 5.75 Å². The van der Waals surface area contributed by atoms with E-state index in [0.29, 0.717) is 5.75 Å². The highest BCUT2D eigenvalue weighted by Crippen LogP contribution is 2.27. The molecular weight excluding hydrogens is 212 g/mol. The lowest BCUT2D eigenvalue weighted by molar-refractivity contribution is 0.402. The Labute approximate surface area is 91.0 Å². The van der Waals surface area contributed by atoms with Crippen LogP contribution in [-0.4, -0.2) is 20.8 Å². The zero-order chi connectivity index (χ0) is 11.6. The van der Waals surface area contributed by atoms with Gasteiger partial charge < -0.3 is 4.74 Å². The molecule has 0 fully saturated rings. The molecule has 15 heavy (non-hydrogen) atoms. The summed E-state index contributed by atoms with van der Waals surface area (Å²) in [6, 6.07) is 5.16. The smallest absolute Gasteiger partial charge is 0.184 e. The van der Waals surface area contributed by atoms with Crippen molar-refractivity contribution < 1.29 is 13.2 Å². The molecule has 4 heteroatoms. The second kappa shape index (κ2) is 4.23. The first-order valence-corrected chi connectivity index (χ1v) is 6.32. The Morgan fingerprint density at radius 1 is 1.27 bits per heavy atom. The number of aryl methyl sites for hydroxylation is 1. The molecule has 0 aliphatic heterocycles. The van der Waals surface area contributed by atoms with Gasteiger partial charge in [0, 0.05) is 0 Å². The molecule has 0 atom stereocenters. The van der Waals surface area contributed by atoms with E-state index in [1.54, 1.807) is 26.0 Å². The van der Waals surface area contributed by atoms with E-state index >= 15 is 0 Å². The molecule has 84 valence electrons. The lowest BCUT2D eigenvalue weighted by Gasteiger charge is -2.12. The van der Waals surface area contributed by atoms with Crippen LogP contribution in [0, 0.1) is 6.92 Å². The molecule has 0 N–H and O–H groups in total. The van der Waals surface area contributed by atoms with Crippen LogP contribution in [0.1, 0.15) is 19.4 Å². The third kappa shape index (κ3) is 2.31. The molecule has 3 nitrogen and oxygen atoms in total. The van der Waals surface area contributed by atoms with Crippen molar-refractivity contribution in [3.63, 3.8) is 0 Å². The van der Waals surface area contributed by atoms with E-state index in [0.717, 1.165) is 5.56 Å². The Hall–Kier alpha value is -1.03. The fraction of sp³-hybridized carbons (Fsp3) is 0.455. The molecule has 0 aliphatic rings. The monoisotopic (exact) mass is 228 g/mol. The van der Waals surface area contributed by atoms with Crippen LogP contribution in [0.2, 0.25) is 0 Å². The van der Waals surface area contributed by atoms with Crippen molar-refractivity contribution in [2.75, 3.05) is 7.11 Å². The Morgan fingerprint density at radius 2 is 1.87 bits per heavy atom. The summed E-state index contributed by atoms with van der Waals surface area (Å²) < 4.78 is 29.0. The first-order chi connectivity index (χ1) is 6.89. The van der Waals surface area contributed by atoms with Crippen LogP contribution in [0.5, 0.6) is 5.75 Å². The number of benzene rings is 1. The summed E-state index contributed by atoms with van der Waals surface area (Å²) in [5.41, 5.74) is 0.912. The number of methoxy groups -OCH3 is 1. The molecule has 1 rings (SSSR count). The molecule has 0 amide bonds. The Bertz CT molecular complexity index is 447. The fourth-order valence-corrected chi connectivity index (χ4v) is 2.55. The van der Waals surface area contributed by atoms with Crippen LogP contribution in [0.25, 0.3) is 0 Å². The van der Waals surface area contributed by atoms with Crippen LogP contribution < -0.4 is 4.74 Å². The van der Waals surface area contributed by atoms with Gasteiger partial charge >= 0.3 is 0 Å². The molecule has 1 aromatic carbocycles. The average Bonchev–Trinajstić information content (AvgIpc) is 2.17. The highest BCUT2D eigenvalue weighted by molar-refractivity contribution is 7.92. The topological polar surface area (TPSA) is 43.4 Å². The number of rotatable bonds is 3. The maximum absolute atomic E-state index is 12.0. The minimum Gasteiger partial charge on any atom is -0.495 e. The molecule has 0 radical (unpaired) electrons. The molecule has 1 aromatic rings. The first kappa shape index (κ1) is 12.0. The zero-order valence-electron chi connectivity index (χ0n) is 9.44. The summed E-state index contributed by atoms with van der Waals surface area (Å²) in [6.45, 7) is 5.19. The maximum atomic E-state index is 12.0. The number of hydrogen-bond donors (Lipinski definition) is 0. The molecule has 0 aromatic heterocycles. The fourth-order valence-electron chi connectivity index (χ4n) is 1.26. The molecule has 0 saturated heterocycles. The van der Waals surface area contributed by atoms with Crippen molar-refractivity contribution in [1.29, 1.82) is 0 Å². The molecule has 0 bridgehead atoms. The van der Waals surface area contributed by atoms with Crippen LogP contribution in [0.3, 0.4) is 0 Å². The summed E-state index contributed by atoms with van der Waals surface area (Å²) in [7, 11) is -1.79. The normalized spacial score (nSPS) is 11.8. The third-order valence-electron chi connectivity index (χ3n) is 2.25. The standard InChI is InChI=1S/C11H16O3S/c1-8(2)15(12,13)11-7-9(3)5-6-10(11)14-4/h5-8H,1-4H3. The predicted molar refractivity (Wildman–Crippen MR) is 60.1 cm³/mol. The quantitative estimate of drug-likeness (QED) is 0.796. The van der Waals surface area contributed by atoms with Gasteiger partial charge in [-0.2, -0.15) is 0 Å². The Morgan fingerprint density at radius 3 is 2.33 bits per heavy atom. The van der Waals surface area contributed by atoms with Gasteiger partial charge in [0.25, 0.3) is 0 Å². The number of sulfone groups is 1. The second-order valence-electron chi connectivity index (χ2n) is 3.75. The van der Waals surface area contributed by atoms with Crippen molar-refractivity contribution in [3.05, 3.63) is 23.8 Å². The van der Waals surface area contributed by atoms with E-state index in [2.05, 4.69) is 0 Å². The van der Waals surface area contributed by atoms with Crippen LogP contribution in [0.15, 0.2) is 23.1 Å². The van der Waals surface area contributed by atoms with Crippen LogP contribution >= 0.6 is 0 Å². The van der Waals surface area contributed by atoms with Crippen LogP contribution in [-0.2, 0) is 9.84 Å². The number of hydrogen-bond acceptors (Lipinski definition) is 3. The van der Waals surface area contributed by atoms with E-state index in [9.17, 15) is 8.42 Å². The maximum Gasteiger partial charge on any atom is 0.184 e. The zero-order valence-corrected chi connectivity index (χ0v) is 10.3. The molecule has 0 unspecified atom stereocenters. The summed E-state index contributed by atoms with van der Waals surface area (Å²) in [6.07, 6.45) is 0. The second-order valence-corrected chi connectivity index (χ2v) is 6.22. The highest BCUT2D eigenvalue weighted by atomic mass is 32.2. The first-order valence-electron chi connectivity index (χ1n) is 4.78. The lowest BCUT2D eigenvalue weighted by Crippen LogP contribution is -2.15. The predicted octanol–water partition coefficient (Wildman–Crippen LogP) is 2.19. The van der Waals surface area contributed by atoms with Gasteiger partial charge in [0.05, 0.1) is 12.4 Å². The minimum atomic E-state index is -3.27. The van der Waals surface area contributed by atoms with Crippen LogP contribution in [0.4, 0.5) is 0 Å². The van der Waals surface area contributed by atoms with E-state index < -0.39 is 15.1 Å². The summed E-state index contributed by atoms with van der Waals surface area (Å²) >= 11 is 0. The van der Waals surface area contributed by atoms with Gasteiger partial charge in [-0.3, -0.25) is 0 Å². The van der Waals surface area contributed by atoms with E-state index in [-0.39, 0.29) is 4.90 Å². The summed E-state index contributed by atoms with van der Waals surface area (Å²) in [5.74, 6) is 0.411. The highest BCUT2D eigenvalue weighted by Gasteiger charge is 2.23.